The SMILES string of the molecule is CCCCCOc1cc(Br)cc(C(=O)O)c1. The van der Waals surface area contributed by atoms with E-state index in [0.717, 1.165) is 23.7 Å². The molecule has 0 saturated carbocycles. The molecule has 16 heavy (non-hydrogen) atoms. The van der Waals surface area contributed by atoms with Gasteiger partial charge in [-0.2, -0.15) is 0 Å². The third-order valence-electron chi connectivity index (χ3n) is 2.13. The lowest BCUT2D eigenvalue weighted by atomic mass is 10.2. The summed E-state index contributed by atoms with van der Waals surface area (Å²) in [6.07, 6.45) is 3.26. The van der Waals surface area contributed by atoms with Gasteiger partial charge in [-0.15, -0.1) is 0 Å². The summed E-state index contributed by atoms with van der Waals surface area (Å²) in [6, 6.07) is 4.87. The summed E-state index contributed by atoms with van der Waals surface area (Å²) in [4.78, 5) is 10.8. The van der Waals surface area contributed by atoms with Crippen LogP contribution >= 0.6 is 15.9 Å². The average Bonchev–Trinajstić information content (AvgIpc) is 2.23. The lowest BCUT2D eigenvalue weighted by Crippen LogP contribution is -2.00. The topological polar surface area (TPSA) is 46.5 Å². The van der Waals surface area contributed by atoms with Crippen LogP contribution in [-0.2, 0) is 0 Å². The minimum atomic E-state index is -0.945. The Morgan fingerprint density at radius 1 is 1.38 bits per heavy atom. The van der Waals surface area contributed by atoms with E-state index in [9.17, 15) is 4.79 Å². The molecule has 0 radical (unpaired) electrons. The normalized spacial score (nSPS) is 10.1. The molecule has 0 amide bonds. The van der Waals surface area contributed by atoms with E-state index in [0.29, 0.717) is 12.4 Å². The molecule has 0 bridgehead atoms. The number of carbonyl (C=O) groups is 1. The fraction of sp³-hybridized carbons (Fsp3) is 0.417. The van der Waals surface area contributed by atoms with Crippen LogP contribution in [0.4, 0.5) is 0 Å². The molecule has 0 spiro atoms. The number of hydrogen-bond acceptors (Lipinski definition) is 2. The van der Waals surface area contributed by atoms with Gasteiger partial charge in [0.2, 0.25) is 0 Å². The molecule has 0 unspecified atom stereocenters. The monoisotopic (exact) mass is 286 g/mol. The summed E-state index contributed by atoms with van der Waals surface area (Å²) in [5, 5.41) is 8.87. The van der Waals surface area contributed by atoms with Crippen molar-refractivity contribution in [3.8, 4) is 5.75 Å². The summed E-state index contributed by atoms with van der Waals surface area (Å²) in [5.41, 5.74) is 0.236. The van der Waals surface area contributed by atoms with Gasteiger partial charge in [0.1, 0.15) is 5.75 Å². The molecule has 0 fully saturated rings. The van der Waals surface area contributed by atoms with Gasteiger partial charge in [-0.3, -0.25) is 0 Å². The largest absolute Gasteiger partial charge is 0.494 e. The number of carboxylic acid groups (broad SMARTS) is 1. The number of hydrogen-bond donors (Lipinski definition) is 1. The Hall–Kier alpha value is -1.03. The summed E-state index contributed by atoms with van der Waals surface area (Å²) < 4.78 is 6.21. The lowest BCUT2D eigenvalue weighted by molar-refractivity contribution is 0.0696. The molecule has 0 aromatic heterocycles. The summed E-state index contributed by atoms with van der Waals surface area (Å²) in [6.45, 7) is 2.75. The first-order valence-corrected chi connectivity index (χ1v) is 6.09. The highest BCUT2D eigenvalue weighted by Gasteiger charge is 2.06. The van der Waals surface area contributed by atoms with Gasteiger partial charge in [0.15, 0.2) is 0 Å². The zero-order valence-corrected chi connectivity index (χ0v) is 10.8. The summed E-state index contributed by atoms with van der Waals surface area (Å²) in [7, 11) is 0. The number of rotatable bonds is 6. The quantitative estimate of drug-likeness (QED) is 0.811. The molecule has 4 heteroatoms. The van der Waals surface area contributed by atoms with E-state index >= 15 is 0 Å². The smallest absolute Gasteiger partial charge is 0.335 e. The van der Waals surface area contributed by atoms with Crippen molar-refractivity contribution in [3.63, 3.8) is 0 Å². The molecular weight excluding hydrogens is 272 g/mol. The number of carboxylic acids is 1. The maximum absolute atomic E-state index is 10.8. The Morgan fingerprint density at radius 2 is 2.12 bits per heavy atom. The van der Waals surface area contributed by atoms with Crippen molar-refractivity contribution in [2.75, 3.05) is 6.61 Å². The van der Waals surface area contributed by atoms with Crippen molar-refractivity contribution < 1.29 is 14.6 Å². The first kappa shape index (κ1) is 13.0. The van der Waals surface area contributed by atoms with Crippen LogP contribution < -0.4 is 4.74 Å². The number of ether oxygens (including phenoxy) is 1. The van der Waals surface area contributed by atoms with E-state index in [2.05, 4.69) is 22.9 Å². The number of unbranched alkanes of at least 4 members (excludes halogenated alkanes) is 2. The second-order valence-electron chi connectivity index (χ2n) is 3.54. The predicted molar refractivity (Wildman–Crippen MR) is 66.1 cm³/mol. The highest BCUT2D eigenvalue weighted by Crippen LogP contribution is 2.21. The molecule has 0 saturated heterocycles. The lowest BCUT2D eigenvalue weighted by Gasteiger charge is -2.07. The van der Waals surface area contributed by atoms with E-state index in [-0.39, 0.29) is 5.56 Å². The number of benzene rings is 1. The maximum atomic E-state index is 10.8. The van der Waals surface area contributed by atoms with Crippen molar-refractivity contribution in [1.29, 1.82) is 0 Å². The summed E-state index contributed by atoms with van der Waals surface area (Å²) in [5.74, 6) is -0.345. The molecule has 1 aromatic rings. The minimum absolute atomic E-state index is 0.236. The van der Waals surface area contributed by atoms with Crippen LogP contribution in [0.25, 0.3) is 0 Å². The highest BCUT2D eigenvalue weighted by molar-refractivity contribution is 9.10. The molecular formula is C12H15BrO3. The molecule has 0 aliphatic carbocycles. The van der Waals surface area contributed by atoms with Crippen LogP contribution in [0.5, 0.6) is 5.75 Å². The predicted octanol–water partition coefficient (Wildman–Crippen LogP) is 3.72. The first-order chi connectivity index (χ1) is 7.63. The second kappa shape index (κ2) is 6.53. The maximum Gasteiger partial charge on any atom is 0.335 e. The average molecular weight is 287 g/mol. The molecule has 1 N–H and O–H groups in total. The highest BCUT2D eigenvalue weighted by atomic mass is 79.9. The number of aromatic carboxylic acids is 1. The zero-order valence-electron chi connectivity index (χ0n) is 9.20. The molecule has 88 valence electrons. The standard InChI is InChI=1S/C12H15BrO3/c1-2-3-4-5-16-11-7-9(12(14)15)6-10(13)8-11/h6-8H,2-5H2,1H3,(H,14,15). The molecule has 1 rings (SSSR count). The van der Waals surface area contributed by atoms with E-state index in [1.165, 1.54) is 0 Å². The third-order valence-corrected chi connectivity index (χ3v) is 2.59. The van der Waals surface area contributed by atoms with Crippen LogP contribution in [0.2, 0.25) is 0 Å². The van der Waals surface area contributed by atoms with Crippen LogP contribution in [0.15, 0.2) is 22.7 Å². The van der Waals surface area contributed by atoms with E-state index < -0.39 is 5.97 Å². The number of halogens is 1. The fourth-order valence-corrected chi connectivity index (χ4v) is 1.78. The van der Waals surface area contributed by atoms with Gasteiger partial charge in [0.25, 0.3) is 0 Å². The van der Waals surface area contributed by atoms with Crippen LogP contribution in [0.1, 0.15) is 36.5 Å². The summed E-state index contributed by atoms with van der Waals surface area (Å²) >= 11 is 3.26. The van der Waals surface area contributed by atoms with Gasteiger partial charge in [-0.05, 0) is 24.6 Å². The Balaban J connectivity index is 2.62. The van der Waals surface area contributed by atoms with Crippen molar-refractivity contribution in [3.05, 3.63) is 28.2 Å². The Bertz CT molecular complexity index is 363. The zero-order chi connectivity index (χ0) is 12.0. The van der Waals surface area contributed by atoms with E-state index in [4.69, 9.17) is 9.84 Å². The molecule has 1 aromatic carbocycles. The second-order valence-corrected chi connectivity index (χ2v) is 4.45. The van der Waals surface area contributed by atoms with Crippen LogP contribution in [0.3, 0.4) is 0 Å². The molecule has 0 heterocycles. The van der Waals surface area contributed by atoms with Crippen LogP contribution in [-0.4, -0.2) is 17.7 Å². The fourth-order valence-electron chi connectivity index (χ4n) is 1.31. The molecule has 0 aliphatic rings. The van der Waals surface area contributed by atoms with Crippen molar-refractivity contribution in [1.82, 2.24) is 0 Å². The van der Waals surface area contributed by atoms with Crippen molar-refractivity contribution in [2.45, 2.75) is 26.2 Å². The van der Waals surface area contributed by atoms with Gasteiger partial charge in [0.05, 0.1) is 12.2 Å². The van der Waals surface area contributed by atoms with Gasteiger partial charge in [-0.1, -0.05) is 35.7 Å². The molecule has 0 aliphatic heterocycles. The first-order valence-electron chi connectivity index (χ1n) is 5.30. The van der Waals surface area contributed by atoms with Crippen molar-refractivity contribution in [2.24, 2.45) is 0 Å². The van der Waals surface area contributed by atoms with Gasteiger partial charge in [-0.25, -0.2) is 4.79 Å². The van der Waals surface area contributed by atoms with E-state index in [1.807, 2.05) is 0 Å². The molecule has 3 nitrogen and oxygen atoms in total. The molecule has 0 atom stereocenters. The third kappa shape index (κ3) is 4.23. The Morgan fingerprint density at radius 3 is 2.75 bits per heavy atom. The minimum Gasteiger partial charge on any atom is -0.494 e. The van der Waals surface area contributed by atoms with Gasteiger partial charge >= 0.3 is 5.97 Å². The van der Waals surface area contributed by atoms with Crippen LogP contribution in [0, 0.1) is 0 Å². The van der Waals surface area contributed by atoms with Gasteiger partial charge in [0, 0.05) is 4.47 Å². The van der Waals surface area contributed by atoms with Gasteiger partial charge < -0.3 is 9.84 Å². The Labute approximate surface area is 104 Å². The van der Waals surface area contributed by atoms with Crippen molar-refractivity contribution >= 4 is 21.9 Å². The van der Waals surface area contributed by atoms with E-state index in [1.54, 1.807) is 18.2 Å². The Kier molecular flexibility index (Phi) is 5.32.